The molecule has 0 spiro atoms. The van der Waals surface area contributed by atoms with E-state index in [0.717, 1.165) is 0 Å². The van der Waals surface area contributed by atoms with Gasteiger partial charge in [-0.25, -0.2) is 0 Å². The minimum atomic E-state index is -2.24. The second-order valence-electron chi connectivity index (χ2n) is 4.21. The number of nitrogens with two attached hydrogens (primary N) is 2. The predicted octanol–water partition coefficient (Wildman–Crippen LogP) is 2.92. The lowest BCUT2D eigenvalue weighted by Crippen LogP contribution is -2.14. The van der Waals surface area contributed by atoms with Crippen LogP contribution in [0.3, 0.4) is 0 Å². The number of amides is 1. The van der Waals surface area contributed by atoms with Gasteiger partial charge in [0.05, 0.1) is 23.4 Å². The fraction of sp³-hybridized carbons (Fsp3) is 0.417. The standard InChI is InChI=1S/C12H18ClN2O2P/c1-3-18(17,4-2)7-8-5-6-9(12(15)16)11(14)10(8)13/h5-6H,3-4,7,14H2,1-2H3,(H2,15,16). The number of hydrogen-bond donors (Lipinski definition) is 2. The van der Waals surface area contributed by atoms with Gasteiger partial charge in [0.1, 0.15) is 0 Å². The summed E-state index contributed by atoms with van der Waals surface area (Å²) in [6.45, 7) is 3.80. The van der Waals surface area contributed by atoms with Crippen molar-refractivity contribution < 1.29 is 9.36 Å². The molecule has 0 aromatic heterocycles. The van der Waals surface area contributed by atoms with E-state index >= 15 is 0 Å². The van der Waals surface area contributed by atoms with Gasteiger partial charge in [0.25, 0.3) is 5.91 Å². The normalized spacial score (nSPS) is 11.5. The zero-order chi connectivity index (χ0) is 13.9. The topological polar surface area (TPSA) is 86.2 Å². The second-order valence-corrected chi connectivity index (χ2v) is 8.29. The van der Waals surface area contributed by atoms with E-state index in [1.807, 2.05) is 13.8 Å². The van der Waals surface area contributed by atoms with Gasteiger partial charge in [0, 0.05) is 6.16 Å². The molecule has 100 valence electrons. The molecule has 1 aromatic rings. The van der Waals surface area contributed by atoms with Gasteiger partial charge in [-0.05, 0) is 24.0 Å². The van der Waals surface area contributed by atoms with Crippen LogP contribution in [0.2, 0.25) is 5.02 Å². The Labute approximate surface area is 112 Å². The van der Waals surface area contributed by atoms with Crippen molar-refractivity contribution in [2.24, 2.45) is 5.73 Å². The third-order valence-corrected chi connectivity index (χ3v) is 6.80. The molecule has 0 heterocycles. The van der Waals surface area contributed by atoms with Crippen molar-refractivity contribution in [3.8, 4) is 0 Å². The zero-order valence-electron chi connectivity index (χ0n) is 10.6. The molecule has 0 saturated carbocycles. The number of carbonyl (C=O) groups is 1. The number of hydrogen-bond acceptors (Lipinski definition) is 3. The Morgan fingerprint density at radius 1 is 1.33 bits per heavy atom. The van der Waals surface area contributed by atoms with Crippen molar-refractivity contribution in [2.75, 3.05) is 18.1 Å². The Morgan fingerprint density at radius 3 is 2.33 bits per heavy atom. The average Bonchev–Trinajstić information content (AvgIpc) is 2.34. The summed E-state index contributed by atoms with van der Waals surface area (Å²) in [5.41, 5.74) is 12.0. The van der Waals surface area contributed by atoms with Gasteiger partial charge in [-0.2, -0.15) is 0 Å². The van der Waals surface area contributed by atoms with Crippen LogP contribution in [0.4, 0.5) is 5.69 Å². The van der Waals surface area contributed by atoms with E-state index in [4.69, 9.17) is 23.1 Å². The molecule has 0 aliphatic rings. The number of anilines is 1. The number of carbonyl (C=O) groups excluding carboxylic acids is 1. The monoisotopic (exact) mass is 288 g/mol. The van der Waals surface area contributed by atoms with Gasteiger partial charge in [0.2, 0.25) is 0 Å². The largest absolute Gasteiger partial charge is 0.397 e. The maximum Gasteiger partial charge on any atom is 0.250 e. The number of halogens is 1. The van der Waals surface area contributed by atoms with Crippen LogP contribution in [0.15, 0.2) is 12.1 Å². The molecule has 0 aliphatic carbocycles. The molecule has 18 heavy (non-hydrogen) atoms. The van der Waals surface area contributed by atoms with Gasteiger partial charge < -0.3 is 16.0 Å². The lowest BCUT2D eigenvalue weighted by Gasteiger charge is -2.16. The Bertz CT molecular complexity index is 509. The first-order valence-corrected chi connectivity index (χ1v) is 8.42. The van der Waals surface area contributed by atoms with Gasteiger partial charge in [-0.3, -0.25) is 4.79 Å². The van der Waals surface area contributed by atoms with E-state index in [1.54, 1.807) is 6.07 Å². The molecule has 1 aromatic carbocycles. The minimum absolute atomic E-state index is 0.167. The van der Waals surface area contributed by atoms with E-state index < -0.39 is 13.0 Å². The quantitative estimate of drug-likeness (QED) is 0.645. The molecule has 0 aliphatic heterocycles. The molecule has 4 N–H and O–H groups in total. The van der Waals surface area contributed by atoms with Crippen LogP contribution in [-0.2, 0) is 10.7 Å². The molecule has 0 atom stereocenters. The lowest BCUT2D eigenvalue weighted by atomic mass is 10.1. The SMILES string of the molecule is CCP(=O)(CC)Cc1ccc(C(N)=O)c(N)c1Cl. The summed E-state index contributed by atoms with van der Waals surface area (Å²) in [5, 5.41) is 0.286. The Balaban J connectivity index is 3.18. The zero-order valence-corrected chi connectivity index (χ0v) is 12.2. The van der Waals surface area contributed by atoms with Gasteiger partial charge in [-0.15, -0.1) is 0 Å². The molecular formula is C12H18ClN2O2P. The first-order valence-electron chi connectivity index (χ1n) is 5.78. The molecule has 0 fully saturated rings. The smallest absolute Gasteiger partial charge is 0.250 e. The van der Waals surface area contributed by atoms with E-state index in [2.05, 4.69) is 0 Å². The van der Waals surface area contributed by atoms with Gasteiger partial charge in [-0.1, -0.05) is 31.5 Å². The van der Waals surface area contributed by atoms with Crippen LogP contribution in [0.5, 0.6) is 0 Å². The van der Waals surface area contributed by atoms with Crippen LogP contribution in [0.1, 0.15) is 29.8 Å². The van der Waals surface area contributed by atoms with Gasteiger partial charge >= 0.3 is 0 Å². The van der Waals surface area contributed by atoms with Gasteiger partial charge in [0.15, 0.2) is 0 Å². The molecule has 1 rings (SSSR count). The summed E-state index contributed by atoms with van der Waals surface area (Å²) in [6, 6.07) is 3.21. The van der Waals surface area contributed by atoms with Crippen molar-refractivity contribution in [2.45, 2.75) is 20.0 Å². The predicted molar refractivity (Wildman–Crippen MR) is 76.8 cm³/mol. The molecule has 0 saturated heterocycles. The van der Waals surface area contributed by atoms with Crippen molar-refractivity contribution in [1.82, 2.24) is 0 Å². The average molecular weight is 289 g/mol. The number of primary amides is 1. The Kier molecular flexibility index (Phi) is 4.83. The molecule has 6 heteroatoms. The van der Waals surface area contributed by atoms with Crippen LogP contribution >= 0.6 is 18.7 Å². The Morgan fingerprint density at radius 2 is 1.89 bits per heavy atom. The van der Waals surface area contributed by atoms with E-state index in [0.29, 0.717) is 24.0 Å². The second kappa shape index (κ2) is 5.77. The minimum Gasteiger partial charge on any atom is -0.397 e. The van der Waals surface area contributed by atoms with E-state index in [-0.39, 0.29) is 16.3 Å². The maximum atomic E-state index is 12.4. The summed E-state index contributed by atoms with van der Waals surface area (Å²) in [4.78, 5) is 11.1. The molecule has 0 bridgehead atoms. The summed E-state index contributed by atoms with van der Waals surface area (Å²) in [6.07, 6.45) is 1.65. The first kappa shape index (κ1) is 15.1. The fourth-order valence-corrected chi connectivity index (χ4v) is 3.84. The third kappa shape index (κ3) is 3.06. The fourth-order valence-electron chi connectivity index (χ4n) is 1.73. The molecule has 0 radical (unpaired) electrons. The lowest BCUT2D eigenvalue weighted by molar-refractivity contribution is 0.100. The highest BCUT2D eigenvalue weighted by Gasteiger charge is 2.21. The van der Waals surface area contributed by atoms with Crippen molar-refractivity contribution in [3.63, 3.8) is 0 Å². The number of rotatable bonds is 5. The summed E-state index contributed by atoms with van der Waals surface area (Å²) in [5.74, 6) is -0.616. The summed E-state index contributed by atoms with van der Waals surface area (Å²) < 4.78 is 12.4. The van der Waals surface area contributed by atoms with Crippen molar-refractivity contribution in [3.05, 3.63) is 28.3 Å². The third-order valence-electron chi connectivity index (χ3n) is 3.14. The van der Waals surface area contributed by atoms with Crippen LogP contribution in [0, 0.1) is 0 Å². The Hall–Kier alpha value is -0.990. The van der Waals surface area contributed by atoms with Crippen LogP contribution in [0.25, 0.3) is 0 Å². The highest BCUT2D eigenvalue weighted by molar-refractivity contribution is 7.63. The molecule has 1 amide bonds. The van der Waals surface area contributed by atoms with Crippen molar-refractivity contribution >= 4 is 30.3 Å². The number of nitrogen functional groups attached to an aromatic ring is 1. The first-order chi connectivity index (χ1) is 8.34. The summed E-state index contributed by atoms with van der Waals surface area (Å²) in [7, 11) is -2.24. The molecular weight excluding hydrogens is 271 g/mol. The molecule has 0 unspecified atom stereocenters. The summed E-state index contributed by atoms with van der Waals surface area (Å²) >= 11 is 6.11. The van der Waals surface area contributed by atoms with E-state index in [1.165, 1.54) is 6.07 Å². The highest BCUT2D eigenvalue weighted by atomic mass is 35.5. The molecule has 4 nitrogen and oxygen atoms in total. The maximum absolute atomic E-state index is 12.4. The van der Waals surface area contributed by atoms with Crippen LogP contribution in [-0.4, -0.2) is 18.2 Å². The van der Waals surface area contributed by atoms with Crippen LogP contribution < -0.4 is 11.5 Å². The van der Waals surface area contributed by atoms with E-state index in [9.17, 15) is 9.36 Å². The number of benzene rings is 1. The van der Waals surface area contributed by atoms with Crippen molar-refractivity contribution in [1.29, 1.82) is 0 Å². The highest BCUT2D eigenvalue weighted by Crippen LogP contribution is 2.49.